The van der Waals surface area contributed by atoms with Crippen molar-refractivity contribution in [3.05, 3.63) is 0 Å². The SMILES string of the molecule is CCC(=O)OCCCC1CCOC1. The van der Waals surface area contributed by atoms with Crippen molar-refractivity contribution in [3.63, 3.8) is 0 Å². The summed E-state index contributed by atoms with van der Waals surface area (Å²) in [5, 5.41) is 0. The lowest BCUT2D eigenvalue weighted by molar-refractivity contribution is -0.143. The van der Waals surface area contributed by atoms with Crippen molar-refractivity contribution < 1.29 is 14.3 Å². The molecule has 13 heavy (non-hydrogen) atoms. The van der Waals surface area contributed by atoms with Gasteiger partial charge in [0.05, 0.1) is 6.61 Å². The molecule has 1 rings (SSSR count). The van der Waals surface area contributed by atoms with Crippen LogP contribution in [0.1, 0.15) is 32.6 Å². The van der Waals surface area contributed by atoms with E-state index >= 15 is 0 Å². The minimum atomic E-state index is -0.0947. The van der Waals surface area contributed by atoms with Crippen LogP contribution in [-0.2, 0) is 14.3 Å². The van der Waals surface area contributed by atoms with Crippen LogP contribution in [0.5, 0.6) is 0 Å². The summed E-state index contributed by atoms with van der Waals surface area (Å²) in [5.74, 6) is 0.600. The molecule has 0 amide bonds. The maximum absolute atomic E-state index is 10.8. The first-order chi connectivity index (χ1) is 6.33. The summed E-state index contributed by atoms with van der Waals surface area (Å²) in [4.78, 5) is 10.8. The van der Waals surface area contributed by atoms with Crippen LogP contribution in [0, 0.1) is 5.92 Å². The van der Waals surface area contributed by atoms with E-state index in [-0.39, 0.29) is 5.97 Å². The molecule has 1 aliphatic heterocycles. The average Bonchev–Trinajstić information content (AvgIpc) is 2.64. The Morgan fingerprint density at radius 2 is 2.46 bits per heavy atom. The van der Waals surface area contributed by atoms with Gasteiger partial charge in [-0.3, -0.25) is 4.79 Å². The number of hydrogen-bond acceptors (Lipinski definition) is 3. The van der Waals surface area contributed by atoms with Gasteiger partial charge in [0.1, 0.15) is 0 Å². The van der Waals surface area contributed by atoms with Gasteiger partial charge in [0, 0.05) is 19.6 Å². The van der Waals surface area contributed by atoms with Crippen molar-refractivity contribution in [2.45, 2.75) is 32.6 Å². The summed E-state index contributed by atoms with van der Waals surface area (Å²) >= 11 is 0. The lowest BCUT2D eigenvalue weighted by atomic mass is 10.0. The van der Waals surface area contributed by atoms with E-state index in [0.717, 1.165) is 26.1 Å². The van der Waals surface area contributed by atoms with E-state index in [0.29, 0.717) is 18.9 Å². The maximum atomic E-state index is 10.8. The molecule has 1 fully saturated rings. The Bertz CT molecular complexity index is 150. The van der Waals surface area contributed by atoms with Crippen LogP contribution in [-0.4, -0.2) is 25.8 Å². The van der Waals surface area contributed by atoms with Crippen LogP contribution < -0.4 is 0 Å². The molecule has 1 unspecified atom stereocenters. The predicted octanol–water partition coefficient (Wildman–Crippen LogP) is 1.76. The van der Waals surface area contributed by atoms with Crippen molar-refractivity contribution in [1.82, 2.24) is 0 Å². The van der Waals surface area contributed by atoms with Crippen LogP contribution in [0.25, 0.3) is 0 Å². The first-order valence-corrected chi connectivity index (χ1v) is 5.06. The van der Waals surface area contributed by atoms with E-state index in [4.69, 9.17) is 9.47 Å². The number of carbonyl (C=O) groups excluding carboxylic acids is 1. The number of ether oxygens (including phenoxy) is 2. The molecule has 1 aliphatic rings. The van der Waals surface area contributed by atoms with Crippen molar-refractivity contribution >= 4 is 5.97 Å². The molecular weight excluding hydrogens is 168 g/mol. The first kappa shape index (κ1) is 10.5. The molecule has 0 aromatic heterocycles. The Morgan fingerprint density at radius 1 is 1.62 bits per heavy atom. The lowest BCUT2D eigenvalue weighted by Gasteiger charge is -2.06. The molecule has 3 heteroatoms. The van der Waals surface area contributed by atoms with Crippen LogP contribution in [0.4, 0.5) is 0 Å². The van der Waals surface area contributed by atoms with E-state index in [1.807, 2.05) is 6.92 Å². The zero-order valence-corrected chi connectivity index (χ0v) is 8.25. The highest BCUT2D eigenvalue weighted by molar-refractivity contribution is 5.68. The molecule has 1 heterocycles. The summed E-state index contributed by atoms with van der Waals surface area (Å²) < 4.78 is 10.2. The average molecular weight is 186 g/mol. The minimum Gasteiger partial charge on any atom is -0.466 e. The second-order valence-corrected chi connectivity index (χ2v) is 3.45. The zero-order chi connectivity index (χ0) is 9.52. The molecule has 0 bridgehead atoms. The number of hydrogen-bond donors (Lipinski definition) is 0. The van der Waals surface area contributed by atoms with Gasteiger partial charge >= 0.3 is 5.97 Å². The Morgan fingerprint density at radius 3 is 3.08 bits per heavy atom. The van der Waals surface area contributed by atoms with Crippen LogP contribution in [0.2, 0.25) is 0 Å². The zero-order valence-electron chi connectivity index (χ0n) is 8.25. The van der Waals surface area contributed by atoms with Crippen LogP contribution >= 0.6 is 0 Å². The Hall–Kier alpha value is -0.570. The van der Waals surface area contributed by atoms with Gasteiger partial charge in [-0.1, -0.05) is 6.92 Å². The van der Waals surface area contributed by atoms with Gasteiger partial charge in [-0.05, 0) is 25.2 Å². The second-order valence-electron chi connectivity index (χ2n) is 3.45. The summed E-state index contributed by atoms with van der Waals surface area (Å²) in [7, 11) is 0. The summed E-state index contributed by atoms with van der Waals surface area (Å²) in [6.45, 7) is 4.18. The molecule has 0 spiro atoms. The molecule has 0 radical (unpaired) electrons. The van der Waals surface area contributed by atoms with Gasteiger partial charge in [-0.25, -0.2) is 0 Å². The summed E-state index contributed by atoms with van der Waals surface area (Å²) in [6, 6.07) is 0. The van der Waals surface area contributed by atoms with Crippen molar-refractivity contribution in [2.75, 3.05) is 19.8 Å². The van der Waals surface area contributed by atoms with E-state index in [1.165, 1.54) is 6.42 Å². The van der Waals surface area contributed by atoms with E-state index < -0.39 is 0 Å². The third-order valence-electron chi connectivity index (χ3n) is 2.33. The second kappa shape index (κ2) is 5.97. The summed E-state index contributed by atoms with van der Waals surface area (Å²) in [6.07, 6.45) is 3.74. The molecular formula is C10H18O3. The summed E-state index contributed by atoms with van der Waals surface area (Å²) in [5.41, 5.74) is 0. The fourth-order valence-electron chi connectivity index (χ4n) is 1.47. The molecule has 76 valence electrons. The van der Waals surface area contributed by atoms with Crippen molar-refractivity contribution in [3.8, 4) is 0 Å². The van der Waals surface area contributed by atoms with Crippen molar-refractivity contribution in [1.29, 1.82) is 0 Å². The van der Waals surface area contributed by atoms with Gasteiger partial charge in [0.15, 0.2) is 0 Å². The predicted molar refractivity (Wildman–Crippen MR) is 49.4 cm³/mol. The fraction of sp³-hybridized carbons (Fsp3) is 0.900. The highest BCUT2D eigenvalue weighted by Crippen LogP contribution is 2.17. The monoisotopic (exact) mass is 186 g/mol. The Balaban J connectivity index is 1.91. The minimum absolute atomic E-state index is 0.0947. The standard InChI is InChI=1S/C10H18O3/c1-2-10(11)13-6-3-4-9-5-7-12-8-9/h9H,2-8H2,1H3. The van der Waals surface area contributed by atoms with E-state index in [2.05, 4.69) is 0 Å². The third-order valence-corrected chi connectivity index (χ3v) is 2.33. The smallest absolute Gasteiger partial charge is 0.305 e. The molecule has 3 nitrogen and oxygen atoms in total. The maximum Gasteiger partial charge on any atom is 0.305 e. The molecule has 1 saturated heterocycles. The van der Waals surface area contributed by atoms with Crippen LogP contribution in [0.15, 0.2) is 0 Å². The first-order valence-electron chi connectivity index (χ1n) is 5.06. The van der Waals surface area contributed by atoms with Gasteiger partial charge in [-0.2, -0.15) is 0 Å². The molecule has 0 saturated carbocycles. The fourth-order valence-corrected chi connectivity index (χ4v) is 1.47. The molecule has 0 N–H and O–H groups in total. The third kappa shape index (κ3) is 4.27. The van der Waals surface area contributed by atoms with Gasteiger partial charge < -0.3 is 9.47 Å². The Labute approximate surface area is 79.4 Å². The quantitative estimate of drug-likeness (QED) is 0.485. The largest absolute Gasteiger partial charge is 0.466 e. The normalized spacial score (nSPS) is 21.8. The van der Waals surface area contributed by atoms with Gasteiger partial charge in [-0.15, -0.1) is 0 Å². The molecule has 0 aromatic carbocycles. The van der Waals surface area contributed by atoms with Crippen molar-refractivity contribution in [2.24, 2.45) is 5.92 Å². The molecule has 0 aromatic rings. The van der Waals surface area contributed by atoms with E-state index in [9.17, 15) is 4.79 Å². The van der Waals surface area contributed by atoms with Crippen LogP contribution in [0.3, 0.4) is 0 Å². The van der Waals surface area contributed by atoms with E-state index in [1.54, 1.807) is 0 Å². The number of esters is 1. The Kier molecular flexibility index (Phi) is 4.83. The van der Waals surface area contributed by atoms with Gasteiger partial charge in [0.25, 0.3) is 0 Å². The lowest BCUT2D eigenvalue weighted by Crippen LogP contribution is -2.06. The molecule has 1 atom stereocenters. The highest BCUT2D eigenvalue weighted by atomic mass is 16.5. The molecule has 0 aliphatic carbocycles. The highest BCUT2D eigenvalue weighted by Gasteiger charge is 2.14. The van der Waals surface area contributed by atoms with Gasteiger partial charge in [0.2, 0.25) is 0 Å². The number of rotatable bonds is 5. The topological polar surface area (TPSA) is 35.5 Å². The number of carbonyl (C=O) groups is 1.